The van der Waals surface area contributed by atoms with Crippen molar-refractivity contribution in [3.05, 3.63) is 29.8 Å². The van der Waals surface area contributed by atoms with Crippen molar-refractivity contribution in [2.24, 2.45) is 11.1 Å². The van der Waals surface area contributed by atoms with Crippen LogP contribution in [0.5, 0.6) is 5.75 Å². The summed E-state index contributed by atoms with van der Waals surface area (Å²) in [6.07, 6.45) is -3.11. The summed E-state index contributed by atoms with van der Waals surface area (Å²) in [7, 11) is 0. The number of nitrogens with two attached hydrogens (primary N) is 1. The first kappa shape index (κ1) is 16.3. The Balaban J connectivity index is 2.49. The lowest BCUT2D eigenvalue weighted by molar-refractivity contribution is -0.137. The van der Waals surface area contributed by atoms with Gasteiger partial charge in [-0.05, 0) is 31.0 Å². The molecule has 1 aromatic carbocycles. The summed E-state index contributed by atoms with van der Waals surface area (Å²) in [6.45, 7) is 3.98. The number of hydrogen-bond acceptors (Lipinski definition) is 2. The van der Waals surface area contributed by atoms with Crippen LogP contribution < -0.4 is 10.5 Å². The topological polar surface area (TPSA) is 59.1 Å². The summed E-state index contributed by atoms with van der Waals surface area (Å²) in [4.78, 5) is 0. The Morgan fingerprint density at radius 2 is 1.95 bits per heavy atom. The fraction of sp³-hybridized carbons (Fsp3) is 0.500. The van der Waals surface area contributed by atoms with Crippen LogP contribution in [-0.4, -0.2) is 12.4 Å². The van der Waals surface area contributed by atoms with Gasteiger partial charge in [-0.1, -0.05) is 19.9 Å². The number of amidine groups is 1. The molecule has 0 atom stereocenters. The molecule has 0 unspecified atom stereocenters. The summed E-state index contributed by atoms with van der Waals surface area (Å²) in [5.41, 5.74) is 4.31. The van der Waals surface area contributed by atoms with Gasteiger partial charge in [0.05, 0.1) is 18.0 Å². The third kappa shape index (κ3) is 4.75. The van der Waals surface area contributed by atoms with Crippen LogP contribution in [0.3, 0.4) is 0 Å². The Morgan fingerprint density at radius 3 is 2.50 bits per heavy atom. The van der Waals surface area contributed by atoms with Gasteiger partial charge in [0.25, 0.3) is 0 Å². The third-order valence-corrected chi connectivity index (χ3v) is 3.11. The number of nitrogens with one attached hydrogen (secondary N) is 1. The van der Waals surface area contributed by atoms with Crippen LogP contribution in [0, 0.1) is 10.8 Å². The molecule has 0 aliphatic carbocycles. The lowest BCUT2D eigenvalue weighted by Gasteiger charge is -2.22. The Kier molecular flexibility index (Phi) is 5.03. The number of rotatable bonds is 6. The monoisotopic (exact) mass is 288 g/mol. The largest absolute Gasteiger partial charge is 0.494 e. The molecule has 3 nitrogen and oxygen atoms in total. The van der Waals surface area contributed by atoms with E-state index in [9.17, 15) is 13.2 Å². The molecule has 0 bridgehead atoms. The maximum atomic E-state index is 12.5. The Hall–Kier alpha value is -1.72. The van der Waals surface area contributed by atoms with Gasteiger partial charge >= 0.3 is 6.18 Å². The van der Waals surface area contributed by atoms with Crippen LogP contribution in [0.1, 0.15) is 32.3 Å². The lowest BCUT2D eigenvalue weighted by Crippen LogP contribution is -2.31. The molecule has 0 aromatic heterocycles. The summed E-state index contributed by atoms with van der Waals surface area (Å²) < 4.78 is 42.8. The lowest BCUT2D eigenvalue weighted by atomic mass is 9.87. The zero-order valence-electron chi connectivity index (χ0n) is 11.6. The van der Waals surface area contributed by atoms with Gasteiger partial charge in [-0.25, -0.2) is 0 Å². The number of alkyl halides is 3. The fourth-order valence-electron chi connectivity index (χ4n) is 1.60. The zero-order valence-corrected chi connectivity index (χ0v) is 11.6. The molecule has 0 saturated heterocycles. The normalized spacial score (nSPS) is 12.2. The Morgan fingerprint density at radius 1 is 1.30 bits per heavy atom. The first-order chi connectivity index (χ1) is 9.13. The predicted molar refractivity (Wildman–Crippen MR) is 71.9 cm³/mol. The van der Waals surface area contributed by atoms with Gasteiger partial charge in [-0.2, -0.15) is 13.2 Å². The van der Waals surface area contributed by atoms with Crippen LogP contribution in [0.25, 0.3) is 0 Å². The second-order valence-corrected chi connectivity index (χ2v) is 5.28. The van der Waals surface area contributed by atoms with Gasteiger partial charge in [-0.15, -0.1) is 0 Å². The average molecular weight is 288 g/mol. The van der Waals surface area contributed by atoms with Crippen molar-refractivity contribution >= 4 is 5.84 Å². The van der Waals surface area contributed by atoms with E-state index in [0.29, 0.717) is 12.8 Å². The third-order valence-electron chi connectivity index (χ3n) is 3.11. The summed E-state index contributed by atoms with van der Waals surface area (Å²) >= 11 is 0. The molecule has 0 spiro atoms. The highest BCUT2D eigenvalue weighted by Crippen LogP contribution is 2.31. The molecule has 0 fully saturated rings. The molecular formula is C14H19F3N2O. The average Bonchev–Trinajstić information content (AvgIpc) is 2.34. The van der Waals surface area contributed by atoms with Crippen molar-refractivity contribution in [2.75, 3.05) is 6.61 Å². The van der Waals surface area contributed by atoms with Crippen LogP contribution >= 0.6 is 0 Å². The molecule has 1 aromatic rings. The second kappa shape index (κ2) is 6.15. The summed E-state index contributed by atoms with van der Waals surface area (Å²) in [5, 5.41) is 7.41. The highest BCUT2D eigenvalue weighted by molar-refractivity contribution is 5.82. The fourth-order valence-corrected chi connectivity index (χ4v) is 1.60. The maximum absolute atomic E-state index is 12.5. The van der Waals surface area contributed by atoms with E-state index >= 15 is 0 Å². The van der Waals surface area contributed by atoms with Crippen molar-refractivity contribution < 1.29 is 17.9 Å². The number of benzene rings is 1. The second-order valence-electron chi connectivity index (χ2n) is 5.28. The van der Waals surface area contributed by atoms with E-state index in [4.69, 9.17) is 15.9 Å². The minimum atomic E-state index is -4.37. The SMILES string of the molecule is CC(C)(CCCOc1cccc(C(F)(F)F)c1)C(=N)N. The highest BCUT2D eigenvalue weighted by Gasteiger charge is 2.30. The van der Waals surface area contributed by atoms with E-state index in [1.54, 1.807) is 0 Å². The maximum Gasteiger partial charge on any atom is 0.416 e. The molecule has 0 radical (unpaired) electrons. The van der Waals surface area contributed by atoms with Gasteiger partial charge < -0.3 is 10.5 Å². The molecule has 0 heterocycles. The molecule has 0 aliphatic heterocycles. The van der Waals surface area contributed by atoms with Gasteiger partial charge in [-0.3, -0.25) is 5.41 Å². The van der Waals surface area contributed by atoms with Crippen LogP contribution in [0.2, 0.25) is 0 Å². The van der Waals surface area contributed by atoms with Gasteiger partial charge in [0.15, 0.2) is 0 Å². The number of ether oxygens (including phenoxy) is 1. The van der Waals surface area contributed by atoms with Crippen LogP contribution in [0.4, 0.5) is 13.2 Å². The summed E-state index contributed by atoms with van der Waals surface area (Å²) in [6, 6.07) is 4.80. The number of hydrogen-bond donors (Lipinski definition) is 2. The van der Waals surface area contributed by atoms with Crippen molar-refractivity contribution in [3.8, 4) is 5.75 Å². The molecule has 6 heteroatoms. The van der Waals surface area contributed by atoms with Crippen molar-refractivity contribution in [2.45, 2.75) is 32.9 Å². The zero-order chi connectivity index (χ0) is 15.4. The van der Waals surface area contributed by atoms with Crippen LogP contribution in [0.15, 0.2) is 24.3 Å². The van der Waals surface area contributed by atoms with E-state index in [0.717, 1.165) is 12.1 Å². The number of halogens is 3. The van der Waals surface area contributed by atoms with E-state index < -0.39 is 17.2 Å². The summed E-state index contributed by atoms with van der Waals surface area (Å²) in [5.74, 6) is 0.289. The molecule has 0 amide bonds. The predicted octanol–water partition coefficient (Wildman–Crippen LogP) is 3.83. The molecule has 1 rings (SSSR count). The quantitative estimate of drug-likeness (QED) is 0.475. The molecule has 0 saturated carbocycles. The van der Waals surface area contributed by atoms with Gasteiger partial charge in [0, 0.05) is 5.41 Å². The first-order valence-electron chi connectivity index (χ1n) is 6.27. The molecule has 112 valence electrons. The Bertz CT molecular complexity index is 470. The van der Waals surface area contributed by atoms with Crippen molar-refractivity contribution in [1.29, 1.82) is 5.41 Å². The van der Waals surface area contributed by atoms with Gasteiger partial charge in [0.1, 0.15) is 5.75 Å². The van der Waals surface area contributed by atoms with E-state index in [-0.39, 0.29) is 18.2 Å². The molecular weight excluding hydrogens is 269 g/mol. The minimum absolute atomic E-state index is 0.0940. The standard InChI is InChI=1S/C14H19F3N2O/c1-13(2,12(18)19)7-4-8-20-11-6-3-5-10(9-11)14(15,16)17/h3,5-6,9H,4,7-8H2,1-2H3,(H3,18,19). The first-order valence-corrected chi connectivity index (χ1v) is 6.27. The minimum Gasteiger partial charge on any atom is -0.494 e. The highest BCUT2D eigenvalue weighted by atomic mass is 19.4. The molecule has 20 heavy (non-hydrogen) atoms. The van der Waals surface area contributed by atoms with Crippen molar-refractivity contribution in [1.82, 2.24) is 0 Å². The molecule has 3 N–H and O–H groups in total. The Labute approximate surface area is 116 Å². The van der Waals surface area contributed by atoms with E-state index in [1.807, 2.05) is 13.8 Å². The molecule has 0 aliphatic rings. The van der Waals surface area contributed by atoms with Crippen molar-refractivity contribution in [3.63, 3.8) is 0 Å². The smallest absolute Gasteiger partial charge is 0.416 e. The van der Waals surface area contributed by atoms with Gasteiger partial charge in [0.2, 0.25) is 0 Å². The van der Waals surface area contributed by atoms with E-state index in [2.05, 4.69) is 0 Å². The van der Waals surface area contributed by atoms with E-state index in [1.165, 1.54) is 12.1 Å². The van der Waals surface area contributed by atoms with Crippen LogP contribution in [-0.2, 0) is 6.18 Å².